The molecule has 0 saturated carbocycles. The first-order valence-corrected chi connectivity index (χ1v) is 11.1. The van der Waals surface area contributed by atoms with Crippen molar-refractivity contribution in [2.75, 3.05) is 55.6 Å². The highest BCUT2D eigenvalue weighted by molar-refractivity contribution is 5.49. The van der Waals surface area contributed by atoms with Crippen LogP contribution in [0.15, 0.2) is 42.5 Å². The second-order valence-electron chi connectivity index (χ2n) is 8.17. The highest BCUT2D eigenvalue weighted by Crippen LogP contribution is 2.21. The van der Waals surface area contributed by atoms with Crippen molar-refractivity contribution in [3.63, 3.8) is 0 Å². The van der Waals surface area contributed by atoms with Crippen molar-refractivity contribution < 1.29 is 0 Å². The van der Waals surface area contributed by atoms with E-state index in [-0.39, 0.29) is 0 Å². The van der Waals surface area contributed by atoms with E-state index >= 15 is 0 Å². The highest BCUT2D eigenvalue weighted by Gasteiger charge is 2.20. The molecule has 2 saturated heterocycles. The van der Waals surface area contributed by atoms with Crippen molar-refractivity contribution in [3.8, 4) is 0 Å². The molecule has 5 heteroatoms. The van der Waals surface area contributed by atoms with Gasteiger partial charge in [0.1, 0.15) is 5.82 Å². The Balaban J connectivity index is 1.34. The average Bonchev–Trinajstić information content (AvgIpc) is 3.04. The van der Waals surface area contributed by atoms with Gasteiger partial charge in [0, 0.05) is 57.6 Å². The van der Waals surface area contributed by atoms with E-state index in [1.807, 2.05) is 0 Å². The molecule has 2 aliphatic heterocycles. The monoisotopic (exact) mass is 391 g/mol. The maximum atomic E-state index is 4.96. The topological polar surface area (TPSA) is 35.5 Å². The van der Waals surface area contributed by atoms with Crippen molar-refractivity contribution in [3.05, 3.63) is 53.7 Å². The summed E-state index contributed by atoms with van der Waals surface area (Å²) in [4.78, 5) is 17.0. The van der Waals surface area contributed by atoms with E-state index < -0.39 is 0 Å². The molecule has 0 N–H and O–H groups in total. The first kappa shape index (κ1) is 19.9. The van der Waals surface area contributed by atoms with Gasteiger partial charge in [0.15, 0.2) is 0 Å². The quantitative estimate of drug-likeness (QED) is 0.770. The van der Waals surface area contributed by atoms with Gasteiger partial charge in [-0.2, -0.15) is 4.98 Å². The maximum absolute atomic E-state index is 4.96. The Hall–Kier alpha value is -2.40. The second-order valence-corrected chi connectivity index (χ2v) is 8.17. The van der Waals surface area contributed by atoms with E-state index in [0.717, 1.165) is 63.3 Å². The van der Waals surface area contributed by atoms with Gasteiger partial charge >= 0.3 is 0 Å². The lowest BCUT2D eigenvalue weighted by atomic mass is 10.2. The average molecular weight is 392 g/mol. The largest absolute Gasteiger partial charge is 0.354 e. The molecule has 2 aliphatic rings. The summed E-state index contributed by atoms with van der Waals surface area (Å²) in [6.45, 7) is 9.46. The summed E-state index contributed by atoms with van der Waals surface area (Å²) >= 11 is 0. The molecule has 0 aliphatic carbocycles. The van der Waals surface area contributed by atoms with E-state index in [0.29, 0.717) is 0 Å². The van der Waals surface area contributed by atoms with Crippen LogP contribution in [-0.2, 0) is 0 Å². The van der Waals surface area contributed by atoms with Crippen LogP contribution in [0.2, 0.25) is 0 Å². The number of aromatic nitrogens is 2. The zero-order valence-electron chi connectivity index (χ0n) is 17.6. The molecular formula is C24H33N5. The van der Waals surface area contributed by atoms with Crippen LogP contribution in [0.4, 0.5) is 11.8 Å². The van der Waals surface area contributed by atoms with Gasteiger partial charge in [-0.05, 0) is 25.3 Å². The molecule has 0 radical (unpaired) electrons. The fourth-order valence-corrected chi connectivity index (χ4v) is 4.17. The van der Waals surface area contributed by atoms with Crippen LogP contribution in [-0.4, -0.2) is 60.7 Å². The van der Waals surface area contributed by atoms with Gasteiger partial charge in [-0.15, -0.1) is 0 Å². The Morgan fingerprint density at radius 2 is 1.55 bits per heavy atom. The summed E-state index contributed by atoms with van der Waals surface area (Å²) in [5.74, 6) is 2.02. The van der Waals surface area contributed by atoms with Crippen LogP contribution in [0, 0.1) is 6.92 Å². The first-order valence-electron chi connectivity index (χ1n) is 11.1. The Bertz CT molecular complexity index is 788. The van der Waals surface area contributed by atoms with E-state index in [1.165, 1.54) is 31.2 Å². The van der Waals surface area contributed by atoms with Crippen LogP contribution in [0.5, 0.6) is 0 Å². The van der Waals surface area contributed by atoms with Gasteiger partial charge in [0.2, 0.25) is 5.95 Å². The Labute approximate surface area is 175 Å². The van der Waals surface area contributed by atoms with E-state index in [9.17, 15) is 0 Å². The van der Waals surface area contributed by atoms with Crippen LogP contribution < -0.4 is 9.80 Å². The standard InChI is InChI=1S/C24H33N5/c1-21-20-23(26-24(25-21)29-14-7-2-3-8-15-29)28-18-16-27(17-19-28)13-9-12-22-10-5-4-6-11-22/h4-6,9-12,20H,2-3,7-8,13-19H2,1H3/b12-9+. The van der Waals surface area contributed by atoms with Crippen molar-refractivity contribution in [1.82, 2.24) is 14.9 Å². The number of hydrogen-bond donors (Lipinski definition) is 0. The number of nitrogens with zero attached hydrogens (tertiary/aromatic N) is 5. The third kappa shape index (κ3) is 5.57. The van der Waals surface area contributed by atoms with Gasteiger partial charge in [-0.25, -0.2) is 4.98 Å². The number of benzene rings is 1. The minimum atomic E-state index is 0.926. The molecule has 3 heterocycles. The van der Waals surface area contributed by atoms with Gasteiger partial charge in [-0.1, -0.05) is 55.3 Å². The second kappa shape index (κ2) is 9.88. The van der Waals surface area contributed by atoms with Crippen molar-refractivity contribution in [1.29, 1.82) is 0 Å². The molecule has 2 aromatic rings. The van der Waals surface area contributed by atoms with Gasteiger partial charge in [0.05, 0.1) is 0 Å². The third-order valence-corrected chi connectivity index (χ3v) is 5.89. The molecule has 0 bridgehead atoms. The minimum absolute atomic E-state index is 0.926. The number of piperazine rings is 1. The van der Waals surface area contributed by atoms with Crippen molar-refractivity contribution in [2.24, 2.45) is 0 Å². The highest BCUT2D eigenvalue weighted by atomic mass is 15.3. The maximum Gasteiger partial charge on any atom is 0.227 e. The Kier molecular flexibility index (Phi) is 6.78. The summed E-state index contributed by atoms with van der Waals surface area (Å²) in [6, 6.07) is 12.7. The number of anilines is 2. The van der Waals surface area contributed by atoms with Crippen LogP contribution in [0.3, 0.4) is 0 Å². The van der Waals surface area contributed by atoms with Crippen molar-refractivity contribution in [2.45, 2.75) is 32.6 Å². The summed E-state index contributed by atoms with van der Waals surface area (Å²) in [6.07, 6.45) is 9.65. The molecule has 0 spiro atoms. The smallest absolute Gasteiger partial charge is 0.227 e. The summed E-state index contributed by atoms with van der Waals surface area (Å²) in [5.41, 5.74) is 2.34. The molecular weight excluding hydrogens is 358 g/mol. The molecule has 5 nitrogen and oxygen atoms in total. The predicted molar refractivity (Wildman–Crippen MR) is 122 cm³/mol. The van der Waals surface area contributed by atoms with E-state index in [1.54, 1.807) is 0 Å². The summed E-state index contributed by atoms with van der Waals surface area (Å²) < 4.78 is 0. The molecule has 154 valence electrons. The normalized spacial score (nSPS) is 18.9. The molecule has 2 fully saturated rings. The SMILES string of the molecule is Cc1cc(N2CCN(C/C=C/c3ccccc3)CC2)nc(N2CCCCCC2)n1. The number of rotatable bonds is 5. The van der Waals surface area contributed by atoms with Crippen LogP contribution in [0.25, 0.3) is 6.08 Å². The third-order valence-electron chi connectivity index (χ3n) is 5.89. The van der Waals surface area contributed by atoms with E-state index in [4.69, 9.17) is 9.97 Å². The zero-order valence-corrected chi connectivity index (χ0v) is 17.6. The fraction of sp³-hybridized carbons (Fsp3) is 0.500. The number of hydrogen-bond acceptors (Lipinski definition) is 5. The summed E-state index contributed by atoms with van der Waals surface area (Å²) in [5, 5.41) is 0. The van der Waals surface area contributed by atoms with Gasteiger partial charge in [0.25, 0.3) is 0 Å². The van der Waals surface area contributed by atoms with Gasteiger partial charge < -0.3 is 9.80 Å². The minimum Gasteiger partial charge on any atom is -0.354 e. The lowest BCUT2D eigenvalue weighted by Crippen LogP contribution is -2.46. The van der Waals surface area contributed by atoms with Crippen LogP contribution in [0.1, 0.15) is 36.9 Å². The van der Waals surface area contributed by atoms with E-state index in [2.05, 4.69) is 70.2 Å². The summed E-state index contributed by atoms with van der Waals surface area (Å²) in [7, 11) is 0. The zero-order chi connectivity index (χ0) is 19.9. The Morgan fingerprint density at radius 1 is 0.828 bits per heavy atom. The molecule has 1 aromatic carbocycles. The van der Waals surface area contributed by atoms with Crippen molar-refractivity contribution >= 4 is 17.8 Å². The molecule has 4 rings (SSSR count). The van der Waals surface area contributed by atoms with Crippen LogP contribution >= 0.6 is 0 Å². The molecule has 1 aromatic heterocycles. The lowest BCUT2D eigenvalue weighted by Gasteiger charge is -2.35. The van der Waals surface area contributed by atoms with Gasteiger partial charge in [-0.3, -0.25) is 4.90 Å². The molecule has 0 amide bonds. The molecule has 0 unspecified atom stereocenters. The predicted octanol–water partition coefficient (Wildman–Crippen LogP) is 4.00. The molecule has 0 atom stereocenters. The Morgan fingerprint density at radius 3 is 2.28 bits per heavy atom. The number of aryl methyl sites for hydroxylation is 1. The first-order chi connectivity index (χ1) is 14.3. The lowest BCUT2D eigenvalue weighted by molar-refractivity contribution is 0.283. The fourth-order valence-electron chi connectivity index (χ4n) is 4.17. The molecule has 29 heavy (non-hydrogen) atoms.